The standard InChI is InChI=1S/C26H32ClN3O5/c1-16(31)13-26(4)14-30(25(2,3)15-34-26)24(32)17-10-20-23(21(11-17)33-5)35-22(29-20)7-6-19-12-18(27)8-9-28-19/h8-12,16,31H,6-7,13-15H2,1-5H3. The number of carbonyl (C=O) groups is 1. The number of aromatic nitrogens is 2. The van der Waals surface area contributed by atoms with Crippen molar-refractivity contribution in [2.75, 3.05) is 20.3 Å². The summed E-state index contributed by atoms with van der Waals surface area (Å²) in [5.41, 5.74) is 1.20. The fourth-order valence-corrected chi connectivity index (χ4v) is 4.71. The molecule has 4 rings (SSSR count). The molecule has 2 aromatic heterocycles. The summed E-state index contributed by atoms with van der Waals surface area (Å²) in [7, 11) is 1.54. The van der Waals surface area contributed by atoms with Crippen molar-refractivity contribution >= 4 is 28.6 Å². The van der Waals surface area contributed by atoms with Gasteiger partial charge in [0.05, 0.1) is 37.5 Å². The maximum absolute atomic E-state index is 13.7. The van der Waals surface area contributed by atoms with E-state index in [2.05, 4.69) is 9.97 Å². The van der Waals surface area contributed by atoms with Crippen LogP contribution in [-0.2, 0) is 17.6 Å². The van der Waals surface area contributed by atoms with Crippen LogP contribution in [0.25, 0.3) is 11.1 Å². The summed E-state index contributed by atoms with van der Waals surface area (Å²) in [4.78, 5) is 24.5. The summed E-state index contributed by atoms with van der Waals surface area (Å²) < 4.78 is 17.6. The van der Waals surface area contributed by atoms with Crippen LogP contribution in [-0.4, -0.2) is 63.4 Å². The van der Waals surface area contributed by atoms with E-state index in [9.17, 15) is 9.90 Å². The number of methoxy groups -OCH3 is 1. The largest absolute Gasteiger partial charge is 0.493 e. The van der Waals surface area contributed by atoms with Crippen molar-refractivity contribution in [2.24, 2.45) is 0 Å². The van der Waals surface area contributed by atoms with Crippen molar-refractivity contribution in [3.8, 4) is 5.75 Å². The molecule has 1 amide bonds. The van der Waals surface area contributed by atoms with Crippen molar-refractivity contribution in [2.45, 2.75) is 64.2 Å². The maximum Gasteiger partial charge on any atom is 0.254 e. The summed E-state index contributed by atoms with van der Waals surface area (Å²) in [6.07, 6.45) is 2.71. The molecule has 0 saturated carbocycles. The Morgan fingerprint density at radius 2 is 2.06 bits per heavy atom. The second kappa shape index (κ2) is 9.76. The Kier molecular flexibility index (Phi) is 7.09. The molecular weight excluding hydrogens is 470 g/mol. The van der Waals surface area contributed by atoms with Gasteiger partial charge in [-0.2, -0.15) is 0 Å². The molecule has 1 aromatic carbocycles. The van der Waals surface area contributed by atoms with Gasteiger partial charge in [0.1, 0.15) is 5.52 Å². The van der Waals surface area contributed by atoms with E-state index in [0.717, 1.165) is 5.69 Å². The lowest BCUT2D eigenvalue weighted by Crippen LogP contribution is -2.62. The Morgan fingerprint density at radius 3 is 2.74 bits per heavy atom. The number of aryl methyl sites for hydroxylation is 2. The molecule has 1 fully saturated rings. The molecule has 2 unspecified atom stereocenters. The minimum absolute atomic E-state index is 0.150. The first-order valence-corrected chi connectivity index (χ1v) is 12.1. The summed E-state index contributed by atoms with van der Waals surface area (Å²) in [5.74, 6) is 0.826. The average molecular weight is 502 g/mol. The van der Waals surface area contributed by atoms with Crippen LogP contribution >= 0.6 is 11.6 Å². The molecule has 1 saturated heterocycles. The summed E-state index contributed by atoms with van der Waals surface area (Å²) in [5, 5.41) is 10.6. The zero-order valence-corrected chi connectivity index (χ0v) is 21.6. The van der Waals surface area contributed by atoms with E-state index < -0.39 is 17.2 Å². The third-order valence-corrected chi connectivity index (χ3v) is 6.55. The van der Waals surface area contributed by atoms with Gasteiger partial charge in [0.25, 0.3) is 5.91 Å². The second-order valence-electron chi connectivity index (χ2n) is 10.1. The Labute approximate surface area is 210 Å². The van der Waals surface area contributed by atoms with Gasteiger partial charge in [0.15, 0.2) is 17.2 Å². The molecule has 8 nitrogen and oxygen atoms in total. The molecule has 9 heteroatoms. The van der Waals surface area contributed by atoms with Gasteiger partial charge in [0.2, 0.25) is 0 Å². The Hall–Kier alpha value is -2.68. The van der Waals surface area contributed by atoms with Gasteiger partial charge in [-0.05, 0) is 58.4 Å². The number of halogens is 1. The van der Waals surface area contributed by atoms with Crippen LogP contribution in [0.5, 0.6) is 5.75 Å². The number of aliphatic hydroxyl groups excluding tert-OH is 1. The molecule has 188 valence electrons. The van der Waals surface area contributed by atoms with E-state index in [0.29, 0.717) is 65.7 Å². The highest BCUT2D eigenvalue weighted by Gasteiger charge is 2.44. The molecule has 3 aromatic rings. The highest BCUT2D eigenvalue weighted by molar-refractivity contribution is 6.30. The van der Waals surface area contributed by atoms with E-state index in [-0.39, 0.29) is 5.91 Å². The van der Waals surface area contributed by atoms with Crippen molar-refractivity contribution in [1.29, 1.82) is 0 Å². The fraction of sp³-hybridized carbons (Fsp3) is 0.500. The number of carbonyl (C=O) groups excluding carboxylic acids is 1. The smallest absolute Gasteiger partial charge is 0.254 e. The van der Waals surface area contributed by atoms with Gasteiger partial charge in [-0.3, -0.25) is 9.78 Å². The molecule has 35 heavy (non-hydrogen) atoms. The van der Waals surface area contributed by atoms with E-state index >= 15 is 0 Å². The highest BCUT2D eigenvalue weighted by Crippen LogP contribution is 2.34. The Bertz CT molecular complexity index is 1220. The van der Waals surface area contributed by atoms with Crippen LogP contribution in [0.3, 0.4) is 0 Å². The predicted octanol–water partition coefficient (Wildman–Crippen LogP) is 4.45. The van der Waals surface area contributed by atoms with E-state index in [4.69, 9.17) is 25.5 Å². The lowest BCUT2D eigenvalue weighted by atomic mass is 9.90. The molecule has 1 N–H and O–H groups in total. The van der Waals surface area contributed by atoms with Gasteiger partial charge in [-0.1, -0.05) is 11.6 Å². The molecule has 0 bridgehead atoms. The van der Waals surface area contributed by atoms with Crippen molar-refractivity contribution in [3.63, 3.8) is 0 Å². The fourth-order valence-electron chi connectivity index (χ4n) is 4.52. The third-order valence-electron chi connectivity index (χ3n) is 6.31. The molecule has 0 radical (unpaired) electrons. The van der Waals surface area contributed by atoms with Crippen LogP contribution < -0.4 is 4.74 Å². The summed E-state index contributed by atoms with van der Waals surface area (Å²) in [6, 6.07) is 6.98. The third kappa shape index (κ3) is 5.60. The quantitative estimate of drug-likeness (QED) is 0.510. The number of aliphatic hydroxyl groups is 1. The van der Waals surface area contributed by atoms with Crippen LogP contribution in [0.2, 0.25) is 5.02 Å². The molecule has 3 heterocycles. The minimum Gasteiger partial charge on any atom is -0.493 e. The summed E-state index contributed by atoms with van der Waals surface area (Å²) in [6.45, 7) is 8.33. The number of pyridine rings is 1. The number of morpholine rings is 1. The molecule has 0 spiro atoms. The number of rotatable bonds is 7. The molecule has 0 aliphatic carbocycles. The number of benzene rings is 1. The van der Waals surface area contributed by atoms with Crippen LogP contribution in [0.4, 0.5) is 0 Å². The Morgan fingerprint density at radius 1 is 1.29 bits per heavy atom. The molecule has 2 atom stereocenters. The first-order valence-electron chi connectivity index (χ1n) is 11.7. The van der Waals surface area contributed by atoms with Crippen LogP contribution in [0.15, 0.2) is 34.9 Å². The van der Waals surface area contributed by atoms with Crippen LogP contribution in [0, 0.1) is 0 Å². The SMILES string of the molecule is COc1cc(C(=O)N2CC(C)(CC(C)O)OCC2(C)C)cc2nc(CCc3cc(Cl)ccn3)oc12. The van der Waals surface area contributed by atoms with Gasteiger partial charge in [-0.15, -0.1) is 0 Å². The van der Waals surface area contributed by atoms with Gasteiger partial charge in [-0.25, -0.2) is 4.98 Å². The first-order chi connectivity index (χ1) is 16.5. The predicted molar refractivity (Wildman–Crippen MR) is 133 cm³/mol. The van der Waals surface area contributed by atoms with E-state index in [1.165, 1.54) is 0 Å². The topological polar surface area (TPSA) is 97.9 Å². The average Bonchev–Trinajstić information content (AvgIpc) is 3.21. The number of fused-ring (bicyclic) bond motifs is 1. The maximum atomic E-state index is 13.7. The van der Waals surface area contributed by atoms with Gasteiger partial charge in [0, 0.05) is 35.3 Å². The lowest BCUT2D eigenvalue weighted by Gasteiger charge is -2.50. The monoisotopic (exact) mass is 501 g/mol. The molecule has 1 aliphatic heterocycles. The molecular formula is C26H32ClN3O5. The highest BCUT2D eigenvalue weighted by atomic mass is 35.5. The van der Waals surface area contributed by atoms with E-state index in [1.54, 1.807) is 38.4 Å². The number of nitrogens with zero attached hydrogens (tertiary/aromatic N) is 3. The number of hydrogen-bond donors (Lipinski definition) is 1. The van der Waals surface area contributed by atoms with Crippen molar-refractivity contribution in [1.82, 2.24) is 14.9 Å². The lowest BCUT2D eigenvalue weighted by molar-refractivity contribution is -0.150. The Balaban J connectivity index is 1.61. The van der Waals surface area contributed by atoms with Crippen LogP contribution in [0.1, 0.15) is 56.1 Å². The van der Waals surface area contributed by atoms with Gasteiger partial charge < -0.3 is 23.9 Å². The number of ether oxygens (including phenoxy) is 2. The van der Waals surface area contributed by atoms with Crippen molar-refractivity contribution in [3.05, 3.63) is 52.6 Å². The number of hydrogen-bond acceptors (Lipinski definition) is 7. The minimum atomic E-state index is -0.636. The second-order valence-corrected chi connectivity index (χ2v) is 10.5. The molecule has 1 aliphatic rings. The first kappa shape index (κ1) is 25.4. The normalized spacial score (nSPS) is 20.7. The zero-order valence-electron chi connectivity index (χ0n) is 20.8. The number of amides is 1. The zero-order chi connectivity index (χ0) is 25.4. The van der Waals surface area contributed by atoms with Gasteiger partial charge >= 0.3 is 0 Å². The van der Waals surface area contributed by atoms with Crippen molar-refractivity contribution < 1.29 is 23.8 Å². The number of oxazole rings is 1. The van der Waals surface area contributed by atoms with E-state index in [1.807, 2.05) is 31.7 Å². The summed E-state index contributed by atoms with van der Waals surface area (Å²) >= 11 is 6.05.